The van der Waals surface area contributed by atoms with Gasteiger partial charge in [-0.2, -0.15) is 0 Å². The van der Waals surface area contributed by atoms with Crippen LogP contribution in [-0.2, 0) is 11.2 Å². The largest absolute Gasteiger partial charge is 0.338 e. The predicted molar refractivity (Wildman–Crippen MR) is 75.7 cm³/mol. The van der Waals surface area contributed by atoms with E-state index < -0.39 is 0 Å². The van der Waals surface area contributed by atoms with Crippen molar-refractivity contribution in [2.45, 2.75) is 25.8 Å². The van der Waals surface area contributed by atoms with Gasteiger partial charge in [-0.25, -0.2) is 0 Å². The minimum Gasteiger partial charge on any atom is -0.338 e. The third-order valence-corrected chi connectivity index (χ3v) is 3.69. The van der Waals surface area contributed by atoms with Gasteiger partial charge < -0.3 is 10.6 Å². The molecule has 0 aliphatic heterocycles. The minimum atomic E-state index is -0.0900. The molecular formula is C14H21ClN2O. The molecule has 4 heteroatoms. The van der Waals surface area contributed by atoms with Gasteiger partial charge in [-0.15, -0.1) is 12.4 Å². The van der Waals surface area contributed by atoms with E-state index in [1.165, 1.54) is 11.1 Å². The fourth-order valence-electron chi connectivity index (χ4n) is 2.54. The van der Waals surface area contributed by atoms with Crippen molar-refractivity contribution in [1.29, 1.82) is 0 Å². The number of hydrogen-bond donors (Lipinski definition) is 1. The highest BCUT2D eigenvalue weighted by molar-refractivity contribution is 5.85. The Morgan fingerprint density at radius 3 is 2.83 bits per heavy atom. The highest BCUT2D eigenvalue weighted by Crippen LogP contribution is 2.35. The molecule has 0 aromatic heterocycles. The molecular weight excluding hydrogens is 248 g/mol. The zero-order chi connectivity index (χ0) is 12.4. The predicted octanol–water partition coefficient (Wildman–Crippen LogP) is 2.15. The van der Waals surface area contributed by atoms with Gasteiger partial charge in [-0.3, -0.25) is 4.79 Å². The number of nitrogens with zero attached hydrogens (tertiary/aromatic N) is 1. The lowest BCUT2D eigenvalue weighted by atomic mass is 10.1. The van der Waals surface area contributed by atoms with E-state index in [2.05, 4.69) is 18.2 Å². The van der Waals surface area contributed by atoms with Crippen molar-refractivity contribution < 1.29 is 4.79 Å². The van der Waals surface area contributed by atoms with Gasteiger partial charge in [0.2, 0.25) is 5.91 Å². The number of hydrogen-bond acceptors (Lipinski definition) is 2. The second-order valence-corrected chi connectivity index (χ2v) is 4.84. The molecule has 18 heavy (non-hydrogen) atoms. The highest BCUT2D eigenvalue weighted by Gasteiger charge is 2.29. The van der Waals surface area contributed by atoms with E-state index in [1.54, 1.807) is 0 Å². The Hall–Kier alpha value is -1.06. The molecule has 0 bridgehead atoms. The summed E-state index contributed by atoms with van der Waals surface area (Å²) in [4.78, 5) is 14.0. The van der Waals surface area contributed by atoms with Crippen molar-refractivity contribution in [3.05, 3.63) is 35.4 Å². The summed E-state index contributed by atoms with van der Waals surface area (Å²) in [7, 11) is 1.89. The van der Waals surface area contributed by atoms with Crippen LogP contribution in [0.5, 0.6) is 0 Å². The SMILES string of the molecule is CC(CN)C(=O)N(C)C1CCc2ccccc21.Cl. The second-order valence-electron chi connectivity index (χ2n) is 4.84. The van der Waals surface area contributed by atoms with E-state index in [9.17, 15) is 4.79 Å². The summed E-state index contributed by atoms with van der Waals surface area (Å²) >= 11 is 0. The smallest absolute Gasteiger partial charge is 0.226 e. The molecule has 1 aromatic carbocycles. The van der Waals surface area contributed by atoms with Gasteiger partial charge in [-0.1, -0.05) is 31.2 Å². The first-order valence-electron chi connectivity index (χ1n) is 6.19. The standard InChI is InChI=1S/C14H20N2O.ClH/c1-10(9-15)14(17)16(2)13-8-7-11-5-3-4-6-12(11)13;/h3-6,10,13H,7-9,15H2,1-2H3;1H. The van der Waals surface area contributed by atoms with E-state index in [0.29, 0.717) is 6.54 Å². The first-order chi connectivity index (χ1) is 8.15. The van der Waals surface area contributed by atoms with Crippen molar-refractivity contribution >= 4 is 18.3 Å². The maximum absolute atomic E-state index is 12.1. The molecule has 0 heterocycles. The van der Waals surface area contributed by atoms with Gasteiger partial charge in [0.1, 0.15) is 0 Å². The summed E-state index contributed by atoms with van der Waals surface area (Å²) in [5.41, 5.74) is 8.23. The maximum atomic E-state index is 12.1. The molecule has 3 nitrogen and oxygen atoms in total. The number of rotatable bonds is 3. The number of amides is 1. The normalized spacial score (nSPS) is 18.7. The van der Waals surface area contributed by atoms with Crippen molar-refractivity contribution in [2.75, 3.05) is 13.6 Å². The van der Waals surface area contributed by atoms with E-state index in [0.717, 1.165) is 12.8 Å². The molecule has 0 saturated heterocycles. The number of aryl methyl sites for hydroxylation is 1. The molecule has 0 spiro atoms. The lowest BCUT2D eigenvalue weighted by Crippen LogP contribution is -2.37. The van der Waals surface area contributed by atoms with Crippen LogP contribution in [0.4, 0.5) is 0 Å². The third kappa shape index (κ3) is 2.68. The van der Waals surface area contributed by atoms with Gasteiger partial charge in [0.15, 0.2) is 0 Å². The monoisotopic (exact) mass is 268 g/mol. The van der Waals surface area contributed by atoms with Crippen LogP contribution in [0.1, 0.15) is 30.5 Å². The first-order valence-corrected chi connectivity index (χ1v) is 6.19. The van der Waals surface area contributed by atoms with E-state index in [-0.39, 0.29) is 30.3 Å². The van der Waals surface area contributed by atoms with Crippen molar-refractivity contribution in [2.24, 2.45) is 11.7 Å². The third-order valence-electron chi connectivity index (χ3n) is 3.69. The van der Waals surface area contributed by atoms with Crippen LogP contribution >= 0.6 is 12.4 Å². The van der Waals surface area contributed by atoms with Gasteiger partial charge in [-0.05, 0) is 24.0 Å². The van der Waals surface area contributed by atoms with Crippen LogP contribution in [0.3, 0.4) is 0 Å². The average Bonchev–Trinajstić information content (AvgIpc) is 2.79. The van der Waals surface area contributed by atoms with Crippen molar-refractivity contribution in [3.63, 3.8) is 0 Å². The Kier molecular flexibility index (Phi) is 5.17. The molecule has 0 radical (unpaired) electrons. The number of halogens is 1. The van der Waals surface area contributed by atoms with Gasteiger partial charge in [0.25, 0.3) is 0 Å². The van der Waals surface area contributed by atoms with Crippen LogP contribution in [0.15, 0.2) is 24.3 Å². The van der Waals surface area contributed by atoms with Crippen LogP contribution in [0.25, 0.3) is 0 Å². The van der Waals surface area contributed by atoms with Gasteiger partial charge >= 0.3 is 0 Å². The van der Waals surface area contributed by atoms with Crippen LogP contribution < -0.4 is 5.73 Å². The number of carbonyl (C=O) groups excluding carboxylic acids is 1. The molecule has 1 aromatic rings. The number of nitrogens with two attached hydrogens (primary N) is 1. The Labute approximate surface area is 115 Å². The van der Waals surface area contributed by atoms with Crippen LogP contribution in [0.2, 0.25) is 0 Å². The van der Waals surface area contributed by atoms with E-state index in [4.69, 9.17) is 5.73 Å². The summed E-state index contributed by atoms with van der Waals surface area (Å²) in [6.07, 6.45) is 2.09. The molecule has 100 valence electrons. The van der Waals surface area contributed by atoms with Crippen molar-refractivity contribution in [1.82, 2.24) is 4.90 Å². The molecule has 2 rings (SSSR count). The van der Waals surface area contributed by atoms with Crippen LogP contribution in [-0.4, -0.2) is 24.4 Å². The minimum absolute atomic E-state index is 0. The Morgan fingerprint density at radius 1 is 1.50 bits per heavy atom. The molecule has 0 fully saturated rings. The molecule has 0 saturated carbocycles. The summed E-state index contributed by atoms with van der Waals surface area (Å²) in [6, 6.07) is 8.62. The zero-order valence-electron chi connectivity index (χ0n) is 10.9. The summed E-state index contributed by atoms with van der Waals surface area (Å²) < 4.78 is 0. The number of benzene rings is 1. The van der Waals surface area contributed by atoms with E-state index >= 15 is 0 Å². The summed E-state index contributed by atoms with van der Waals surface area (Å²) in [5, 5.41) is 0. The molecule has 2 unspecified atom stereocenters. The topological polar surface area (TPSA) is 46.3 Å². The van der Waals surface area contributed by atoms with Crippen LogP contribution in [0, 0.1) is 5.92 Å². The Morgan fingerprint density at radius 2 is 2.17 bits per heavy atom. The lowest BCUT2D eigenvalue weighted by Gasteiger charge is -2.27. The molecule has 1 aliphatic carbocycles. The fraction of sp³-hybridized carbons (Fsp3) is 0.500. The van der Waals surface area contributed by atoms with Crippen molar-refractivity contribution in [3.8, 4) is 0 Å². The first kappa shape index (κ1) is 15.0. The molecule has 1 aliphatic rings. The Bertz CT molecular complexity index is 422. The number of carbonyl (C=O) groups is 1. The molecule has 1 amide bonds. The second kappa shape index (κ2) is 6.21. The van der Waals surface area contributed by atoms with Gasteiger partial charge in [0, 0.05) is 19.5 Å². The fourth-order valence-corrected chi connectivity index (χ4v) is 2.54. The summed E-state index contributed by atoms with van der Waals surface area (Å²) in [6.45, 7) is 2.30. The molecule has 2 N–H and O–H groups in total. The Balaban J connectivity index is 0.00000162. The summed E-state index contributed by atoms with van der Waals surface area (Å²) in [5.74, 6) is 0.0574. The zero-order valence-corrected chi connectivity index (χ0v) is 11.7. The van der Waals surface area contributed by atoms with Gasteiger partial charge in [0.05, 0.1) is 6.04 Å². The van der Waals surface area contributed by atoms with E-state index in [1.807, 2.05) is 24.9 Å². The quantitative estimate of drug-likeness (QED) is 0.913. The molecule has 2 atom stereocenters. The maximum Gasteiger partial charge on any atom is 0.226 e. The highest BCUT2D eigenvalue weighted by atomic mass is 35.5. The number of fused-ring (bicyclic) bond motifs is 1. The lowest BCUT2D eigenvalue weighted by molar-refractivity contribution is -0.135. The average molecular weight is 269 g/mol.